The second-order valence-corrected chi connectivity index (χ2v) is 6.61. The summed E-state index contributed by atoms with van der Waals surface area (Å²) in [6, 6.07) is 8.60. The average Bonchev–Trinajstić information content (AvgIpc) is 3.14. The van der Waals surface area contributed by atoms with Crippen LogP contribution < -0.4 is 5.32 Å². The molecule has 1 N–H and O–H groups in total. The van der Waals surface area contributed by atoms with Gasteiger partial charge in [-0.3, -0.25) is 9.69 Å². The molecule has 1 saturated heterocycles. The Labute approximate surface area is 142 Å². The van der Waals surface area contributed by atoms with Crippen LogP contribution in [0, 0.1) is 0 Å². The molecule has 2 heterocycles. The molecule has 1 aromatic carbocycles. The minimum absolute atomic E-state index is 0.0905. The first-order valence-electron chi connectivity index (χ1n) is 8.44. The Hall–Kier alpha value is -2.21. The predicted octanol–water partition coefficient (Wildman–Crippen LogP) is 3.63. The maximum atomic E-state index is 11.1. The molecule has 2 aromatic rings. The highest BCUT2D eigenvalue weighted by Gasteiger charge is 2.34. The predicted molar refractivity (Wildman–Crippen MR) is 92.4 cm³/mol. The van der Waals surface area contributed by atoms with Crippen molar-refractivity contribution in [3.8, 4) is 11.4 Å². The van der Waals surface area contributed by atoms with Gasteiger partial charge in [-0.1, -0.05) is 5.16 Å². The molecular weight excluding hydrogens is 304 g/mol. The number of nitrogens with zero attached hydrogens (tertiary/aromatic N) is 3. The van der Waals surface area contributed by atoms with Crippen LogP contribution >= 0.6 is 0 Å². The first-order valence-corrected chi connectivity index (χ1v) is 8.44. The van der Waals surface area contributed by atoms with Gasteiger partial charge in [-0.05, 0) is 57.9 Å². The molecule has 0 radical (unpaired) electrons. The number of aromatic nitrogens is 2. The van der Waals surface area contributed by atoms with E-state index in [2.05, 4.69) is 41.1 Å². The van der Waals surface area contributed by atoms with Crippen molar-refractivity contribution in [2.45, 2.75) is 58.7 Å². The number of amides is 1. The largest absolute Gasteiger partial charge is 0.337 e. The molecule has 24 heavy (non-hydrogen) atoms. The van der Waals surface area contributed by atoms with Gasteiger partial charge >= 0.3 is 0 Å². The Kier molecular flexibility index (Phi) is 4.66. The van der Waals surface area contributed by atoms with Crippen molar-refractivity contribution < 1.29 is 9.32 Å². The third-order valence-corrected chi connectivity index (χ3v) is 4.73. The lowest BCUT2D eigenvalue weighted by Crippen LogP contribution is -2.35. The number of anilines is 1. The van der Waals surface area contributed by atoms with E-state index in [-0.39, 0.29) is 11.9 Å². The first-order chi connectivity index (χ1) is 11.5. The summed E-state index contributed by atoms with van der Waals surface area (Å²) >= 11 is 0. The van der Waals surface area contributed by atoms with Gasteiger partial charge in [-0.25, -0.2) is 0 Å². The molecule has 1 fully saturated rings. The van der Waals surface area contributed by atoms with Gasteiger partial charge in [-0.2, -0.15) is 4.98 Å². The maximum Gasteiger partial charge on any atom is 0.244 e. The molecule has 1 aliphatic heterocycles. The summed E-state index contributed by atoms with van der Waals surface area (Å²) in [5, 5.41) is 6.86. The lowest BCUT2D eigenvalue weighted by atomic mass is 10.2. The Balaban J connectivity index is 1.76. The summed E-state index contributed by atoms with van der Waals surface area (Å²) in [5.74, 6) is 1.13. The minimum Gasteiger partial charge on any atom is -0.337 e. The van der Waals surface area contributed by atoms with Crippen molar-refractivity contribution in [1.82, 2.24) is 15.0 Å². The van der Waals surface area contributed by atoms with Crippen molar-refractivity contribution >= 4 is 11.6 Å². The van der Waals surface area contributed by atoms with Gasteiger partial charge in [0.15, 0.2) is 0 Å². The molecule has 0 saturated carbocycles. The standard InChI is InChI=1S/C18H24N4O2/c1-11-5-6-12(2)22(11)13(3)18-20-17(21-24-18)15-7-9-16(10-8-15)19-14(4)23/h7-13H,5-6H2,1-4H3,(H,19,23)/t11-,12+,13-/m0/s1. The zero-order valence-corrected chi connectivity index (χ0v) is 14.6. The van der Waals surface area contributed by atoms with E-state index in [0.29, 0.717) is 23.8 Å². The van der Waals surface area contributed by atoms with Crippen LogP contribution in [-0.4, -0.2) is 33.0 Å². The highest BCUT2D eigenvalue weighted by Crippen LogP contribution is 2.33. The van der Waals surface area contributed by atoms with E-state index in [1.165, 1.54) is 19.8 Å². The fourth-order valence-electron chi connectivity index (χ4n) is 3.53. The van der Waals surface area contributed by atoms with Crippen LogP contribution in [-0.2, 0) is 4.79 Å². The van der Waals surface area contributed by atoms with E-state index in [4.69, 9.17) is 4.52 Å². The summed E-state index contributed by atoms with van der Waals surface area (Å²) in [6.45, 7) is 8.10. The molecule has 3 rings (SSSR count). The fourth-order valence-corrected chi connectivity index (χ4v) is 3.53. The van der Waals surface area contributed by atoms with Crippen LogP contribution in [0.5, 0.6) is 0 Å². The lowest BCUT2D eigenvalue weighted by molar-refractivity contribution is -0.114. The van der Waals surface area contributed by atoms with Gasteiger partial charge in [-0.15, -0.1) is 0 Å². The molecule has 1 aliphatic rings. The molecule has 1 aromatic heterocycles. The number of benzene rings is 1. The summed E-state index contributed by atoms with van der Waals surface area (Å²) in [7, 11) is 0. The summed E-state index contributed by atoms with van der Waals surface area (Å²) in [6.07, 6.45) is 2.41. The molecule has 3 atom stereocenters. The molecule has 128 valence electrons. The topological polar surface area (TPSA) is 71.3 Å². The number of hydrogen-bond acceptors (Lipinski definition) is 5. The number of carbonyl (C=O) groups is 1. The molecule has 6 heteroatoms. The quantitative estimate of drug-likeness (QED) is 0.928. The van der Waals surface area contributed by atoms with Crippen molar-refractivity contribution in [1.29, 1.82) is 0 Å². The monoisotopic (exact) mass is 328 g/mol. The van der Waals surface area contributed by atoms with Crippen LogP contribution in [0.2, 0.25) is 0 Å². The van der Waals surface area contributed by atoms with Crippen molar-refractivity contribution in [3.05, 3.63) is 30.2 Å². The molecule has 0 spiro atoms. The number of rotatable bonds is 4. The third-order valence-electron chi connectivity index (χ3n) is 4.73. The SMILES string of the molecule is CC(=O)Nc1ccc(-c2noc([C@H](C)N3[C@H](C)CC[C@@H]3C)n2)cc1. The molecule has 0 bridgehead atoms. The van der Waals surface area contributed by atoms with E-state index in [0.717, 1.165) is 11.3 Å². The maximum absolute atomic E-state index is 11.1. The summed E-state index contributed by atoms with van der Waals surface area (Å²) < 4.78 is 5.51. The molecule has 0 aliphatic carbocycles. The first kappa shape index (κ1) is 16.6. The van der Waals surface area contributed by atoms with Gasteiger partial charge < -0.3 is 9.84 Å². The number of hydrogen-bond donors (Lipinski definition) is 1. The van der Waals surface area contributed by atoms with Gasteiger partial charge in [0, 0.05) is 30.3 Å². The van der Waals surface area contributed by atoms with Crippen molar-refractivity contribution in [2.75, 3.05) is 5.32 Å². The minimum atomic E-state index is -0.0905. The van der Waals surface area contributed by atoms with Gasteiger partial charge in [0.2, 0.25) is 17.6 Å². The van der Waals surface area contributed by atoms with E-state index in [9.17, 15) is 4.79 Å². The second-order valence-electron chi connectivity index (χ2n) is 6.61. The Morgan fingerprint density at radius 3 is 2.46 bits per heavy atom. The Bertz CT molecular complexity index is 700. The van der Waals surface area contributed by atoms with Gasteiger partial charge in [0.1, 0.15) is 0 Å². The van der Waals surface area contributed by atoms with Gasteiger partial charge in [0.25, 0.3) is 0 Å². The highest BCUT2D eigenvalue weighted by molar-refractivity contribution is 5.88. The zero-order chi connectivity index (χ0) is 17.3. The summed E-state index contributed by atoms with van der Waals surface area (Å²) in [4.78, 5) is 18.1. The van der Waals surface area contributed by atoms with E-state index in [1.54, 1.807) is 0 Å². The summed E-state index contributed by atoms with van der Waals surface area (Å²) in [5.41, 5.74) is 1.62. The molecular formula is C18H24N4O2. The third kappa shape index (κ3) is 3.33. The van der Waals surface area contributed by atoms with Crippen LogP contribution in [0.4, 0.5) is 5.69 Å². The van der Waals surface area contributed by atoms with Crippen molar-refractivity contribution in [2.24, 2.45) is 0 Å². The Morgan fingerprint density at radius 1 is 1.25 bits per heavy atom. The van der Waals surface area contributed by atoms with E-state index in [1.807, 2.05) is 24.3 Å². The number of nitrogens with one attached hydrogen (secondary N) is 1. The van der Waals surface area contributed by atoms with Crippen molar-refractivity contribution in [3.63, 3.8) is 0 Å². The highest BCUT2D eigenvalue weighted by atomic mass is 16.5. The smallest absolute Gasteiger partial charge is 0.244 e. The van der Waals surface area contributed by atoms with E-state index < -0.39 is 0 Å². The van der Waals surface area contributed by atoms with Crippen LogP contribution in [0.25, 0.3) is 11.4 Å². The van der Waals surface area contributed by atoms with E-state index >= 15 is 0 Å². The fraction of sp³-hybridized carbons (Fsp3) is 0.500. The average molecular weight is 328 g/mol. The Morgan fingerprint density at radius 2 is 1.88 bits per heavy atom. The van der Waals surface area contributed by atoms with Crippen LogP contribution in [0.1, 0.15) is 52.5 Å². The molecule has 1 amide bonds. The lowest BCUT2D eigenvalue weighted by Gasteiger charge is -2.30. The van der Waals surface area contributed by atoms with Crippen LogP contribution in [0.3, 0.4) is 0 Å². The normalized spacial score (nSPS) is 22.5. The number of likely N-dealkylation sites (tertiary alicyclic amines) is 1. The van der Waals surface area contributed by atoms with Crippen LogP contribution in [0.15, 0.2) is 28.8 Å². The zero-order valence-electron chi connectivity index (χ0n) is 14.6. The number of carbonyl (C=O) groups excluding carboxylic acids is 1. The molecule has 0 unspecified atom stereocenters. The van der Waals surface area contributed by atoms with Gasteiger partial charge in [0.05, 0.1) is 6.04 Å². The second kappa shape index (κ2) is 6.73. The molecule has 6 nitrogen and oxygen atoms in total.